The summed E-state index contributed by atoms with van der Waals surface area (Å²) in [6, 6.07) is 0.443. The Kier molecular flexibility index (Phi) is 4.26. The van der Waals surface area contributed by atoms with Crippen LogP contribution in [-0.4, -0.2) is 52.3 Å². The summed E-state index contributed by atoms with van der Waals surface area (Å²) in [7, 11) is -0.685. The summed E-state index contributed by atoms with van der Waals surface area (Å²) in [6.07, 6.45) is 5.78. The monoisotopic (exact) mass is 258 g/mol. The minimum atomic E-state index is -0.685. The van der Waals surface area contributed by atoms with Crippen LogP contribution in [0.5, 0.6) is 0 Å². The molecule has 0 radical (unpaired) electrons. The van der Waals surface area contributed by atoms with Crippen molar-refractivity contribution in [3.63, 3.8) is 0 Å². The molecule has 2 fully saturated rings. The third-order valence-electron chi connectivity index (χ3n) is 4.26. The maximum absolute atomic E-state index is 11.4. The first kappa shape index (κ1) is 13.5. The van der Waals surface area contributed by atoms with Crippen LogP contribution in [0.15, 0.2) is 0 Å². The van der Waals surface area contributed by atoms with Gasteiger partial charge in [0, 0.05) is 40.9 Å². The molecule has 2 aliphatic rings. The summed E-state index contributed by atoms with van der Waals surface area (Å²) >= 11 is 0. The molecule has 100 valence electrons. The summed E-state index contributed by atoms with van der Waals surface area (Å²) < 4.78 is 11.4. The molecule has 17 heavy (non-hydrogen) atoms. The maximum Gasteiger partial charge on any atom is 0.0385 e. The fraction of sp³-hybridized carbons (Fsp3) is 1.00. The van der Waals surface area contributed by atoms with Gasteiger partial charge in [-0.2, -0.15) is 0 Å². The van der Waals surface area contributed by atoms with Crippen LogP contribution in [-0.2, 0) is 10.8 Å². The van der Waals surface area contributed by atoms with Crippen LogP contribution in [0.4, 0.5) is 0 Å². The van der Waals surface area contributed by atoms with Crippen LogP contribution in [0, 0.1) is 5.92 Å². The molecule has 1 saturated carbocycles. The average Bonchev–Trinajstić information content (AvgIpc) is 3.01. The predicted molar refractivity (Wildman–Crippen MR) is 73.7 cm³/mol. The molecule has 0 amide bonds. The minimum Gasteiger partial charge on any atom is -0.310 e. The van der Waals surface area contributed by atoms with E-state index in [-0.39, 0.29) is 0 Å². The van der Waals surface area contributed by atoms with Gasteiger partial charge in [0.05, 0.1) is 0 Å². The van der Waals surface area contributed by atoms with E-state index in [9.17, 15) is 4.21 Å². The van der Waals surface area contributed by atoms with Gasteiger partial charge in [0.1, 0.15) is 0 Å². The Morgan fingerprint density at radius 1 is 1.53 bits per heavy atom. The number of hydrogen-bond acceptors (Lipinski definition) is 3. The first-order valence-corrected chi connectivity index (χ1v) is 8.53. The molecule has 3 nitrogen and oxygen atoms in total. The molecule has 1 N–H and O–H groups in total. The Bertz CT molecular complexity index is 293. The highest BCUT2D eigenvalue weighted by atomic mass is 32.2. The molecule has 0 aromatic carbocycles. The van der Waals surface area contributed by atoms with Crippen LogP contribution in [0.2, 0.25) is 0 Å². The standard InChI is InChI=1S/C13H26N2OS/c1-11(9-17(3)16)15-8-4-7-14-13(2,10-15)12-5-6-12/h11-12,14H,4-10H2,1-3H3. The zero-order valence-corrected chi connectivity index (χ0v) is 12.2. The molecule has 0 spiro atoms. The van der Waals surface area contributed by atoms with E-state index in [1.54, 1.807) is 0 Å². The molecule has 1 aliphatic carbocycles. The van der Waals surface area contributed by atoms with Gasteiger partial charge in [0.15, 0.2) is 0 Å². The molecule has 3 atom stereocenters. The number of rotatable bonds is 4. The Hall–Kier alpha value is 0.0700. The van der Waals surface area contributed by atoms with Crippen LogP contribution < -0.4 is 5.32 Å². The summed E-state index contributed by atoms with van der Waals surface area (Å²) in [5, 5.41) is 3.74. The fourth-order valence-electron chi connectivity index (χ4n) is 3.03. The molecule has 1 aliphatic heterocycles. The molecular formula is C13H26N2OS. The highest BCUT2D eigenvalue weighted by Crippen LogP contribution is 2.40. The topological polar surface area (TPSA) is 32.3 Å². The van der Waals surface area contributed by atoms with E-state index in [1.807, 2.05) is 6.26 Å². The van der Waals surface area contributed by atoms with Gasteiger partial charge in [-0.1, -0.05) is 0 Å². The first-order chi connectivity index (χ1) is 8.01. The van der Waals surface area contributed by atoms with Crippen molar-refractivity contribution in [2.75, 3.05) is 31.6 Å². The van der Waals surface area contributed by atoms with Crippen LogP contribution in [0.25, 0.3) is 0 Å². The second-order valence-corrected chi connectivity index (χ2v) is 7.51. The van der Waals surface area contributed by atoms with Gasteiger partial charge in [-0.05, 0) is 52.1 Å². The van der Waals surface area contributed by atoms with Gasteiger partial charge in [-0.25, -0.2) is 0 Å². The Morgan fingerprint density at radius 2 is 2.24 bits per heavy atom. The fourth-order valence-corrected chi connectivity index (χ4v) is 3.92. The van der Waals surface area contributed by atoms with Crippen molar-refractivity contribution in [1.29, 1.82) is 0 Å². The summed E-state index contributed by atoms with van der Waals surface area (Å²) in [5.41, 5.74) is 0.292. The van der Waals surface area contributed by atoms with Crippen molar-refractivity contribution < 1.29 is 4.21 Å². The Labute approximate surface area is 108 Å². The highest BCUT2D eigenvalue weighted by molar-refractivity contribution is 7.84. The average molecular weight is 258 g/mol. The van der Waals surface area contributed by atoms with Crippen molar-refractivity contribution in [3.8, 4) is 0 Å². The lowest BCUT2D eigenvalue weighted by molar-refractivity contribution is 0.169. The molecule has 0 bridgehead atoms. The Morgan fingerprint density at radius 3 is 2.82 bits per heavy atom. The summed E-state index contributed by atoms with van der Waals surface area (Å²) in [4.78, 5) is 2.54. The zero-order valence-electron chi connectivity index (χ0n) is 11.4. The van der Waals surface area contributed by atoms with E-state index in [0.29, 0.717) is 11.6 Å². The lowest BCUT2D eigenvalue weighted by Crippen LogP contribution is -2.53. The van der Waals surface area contributed by atoms with Crippen LogP contribution in [0.1, 0.15) is 33.1 Å². The molecule has 1 saturated heterocycles. The van der Waals surface area contributed by atoms with Crippen LogP contribution in [0.3, 0.4) is 0 Å². The van der Waals surface area contributed by atoms with Crippen molar-refractivity contribution in [3.05, 3.63) is 0 Å². The van der Waals surface area contributed by atoms with Crippen molar-refractivity contribution in [2.45, 2.75) is 44.7 Å². The predicted octanol–water partition coefficient (Wildman–Crippen LogP) is 1.22. The molecule has 4 heteroatoms. The van der Waals surface area contributed by atoms with Gasteiger partial charge in [0.25, 0.3) is 0 Å². The van der Waals surface area contributed by atoms with Gasteiger partial charge in [-0.15, -0.1) is 0 Å². The zero-order chi connectivity index (χ0) is 12.5. The van der Waals surface area contributed by atoms with Crippen molar-refractivity contribution >= 4 is 10.8 Å². The third kappa shape index (κ3) is 3.52. The van der Waals surface area contributed by atoms with E-state index in [2.05, 4.69) is 24.1 Å². The molecule has 1 heterocycles. The molecular weight excluding hydrogens is 232 g/mol. The Balaban J connectivity index is 1.98. The van der Waals surface area contributed by atoms with Gasteiger partial charge >= 0.3 is 0 Å². The maximum atomic E-state index is 11.4. The second-order valence-electron chi connectivity index (χ2n) is 6.03. The number of hydrogen-bond donors (Lipinski definition) is 1. The number of nitrogens with zero attached hydrogens (tertiary/aromatic N) is 1. The second kappa shape index (κ2) is 5.37. The summed E-state index contributed by atoms with van der Waals surface area (Å²) in [5.74, 6) is 1.67. The molecule has 3 unspecified atom stereocenters. The minimum absolute atomic E-state index is 0.292. The molecule has 0 aromatic heterocycles. The normalized spacial score (nSPS) is 35.2. The van der Waals surface area contributed by atoms with E-state index in [4.69, 9.17) is 0 Å². The largest absolute Gasteiger partial charge is 0.310 e. The van der Waals surface area contributed by atoms with E-state index >= 15 is 0 Å². The van der Waals surface area contributed by atoms with Gasteiger partial charge in [0.2, 0.25) is 0 Å². The van der Waals surface area contributed by atoms with E-state index in [0.717, 1.165) is 31.3 Å². The number of nitrogens with one attached hydrogen (secondary N) is 1. The quantitative estimate of drug-likeness (QED) is 0.823. The molecule has 0 aromatic rings. The smallest absolute Gasteiger partial charge is 0.0385 e. The van der Waals surface area contributed by atoms with Gasteiger partial charge < -0.3 is 5.32 Å². The summed E-state index contributed by atoms with van der Waals surface area (Å²) in [6.45, 7) is 7.99. The van der Waals surface area contributed by atoms with E-state index < -0.39 is 10.8 Å². The van der Waals surface area contributed by atoms with Gasteiger partial charge in [-0.3, -0.25) is 9.11 Å². The third-order valence-corrected chi connectivity index (χ3v) is 5.21. The van der Waals surface area contributed by atoms with Crippen molar-refractivity contribution in [1.82, 2.24) is 10.2 Å². The SMILES string of the molecule is CC(CS(C)=O)N1CCCNC(C)(C2CC2)C1. The lowest BCUT2D eigenvalue weighted by Gasteiger charge is -2.36. The molecule has 2 rings (SSSR count). The van der Waals surface area contributed by atoms with Crippen molar-refractivity contribution in [2.24, 2.45) is 5.92 Å². The van der Waals surface area contributed by atoms with E-state index in [1.165, 1.54) is 19.3 Å². The highest BCUT2D eigenvalue weighted by Gasteiger charge is 2.43. The lowest BCUT2D eigenvalue weighted by atomic mass is 9.95. The first-order valence-electron chi connectivity index (χ1n) is 6.80. The van der Waals surface area contributed by atoms with Crippen LogP contribution >= 0.6 is 0 Å².